The number of ether oxygens (including phenoxy) is 2. The van der Waals surface area contributed by atoms with Crippen LogP contribution in [0.25, 0.3) is 10.9 Å². The largest absolute Gasteiger partial charge is 0.489 e. The Bertz CT molecular complexity index is 1040. The number of H-pyrrole nitrogens is 1. The molecule has 1 amide bonds. The Morgan fingerprint density at radius 2 is 1.90 bits per heavy atom. The number of fused-ring (bicyclic) bond motifs is 1. The van der Waals surface area contributed by atoms with E-state index in [1.807, 2.05) is 6.07 Å². The molecular weight excluding hydrogens is 397 g/mol. The molecule has 2 aromatic carbocycles. The summed E-state index contributed by atoms with van der Waals surface area (Å²) in [6, 6.07) is 10.3. The molecule has 8 heteroatoms. The molecule has 1 aromatic heterocycles. The van der Waals surface area contributed by atoms with Gasteiger partial charge in [0, 0.05) is 30.1 Å². The number of nitrogens with one attached hydrogen (secondary N) is 2. The number of methoxy groups -OCH3 is 1. The van der Waals surface area contributed by atoms with Crippen LogP contribution in [-0.2, 0) is 22.3 Å². The van der Waals surface area contributed by atoms with Gasteiger partial charge in [-0.1, -0.05) is 12.1 Å². The highest BCUT2D eigenvalue weighted by Crippen LogP contribution is 2.33. The van der Waals surface area contributed by atoms with E-state index in [2.05, 4.69) is 10.3 Å². The highest BCUT2D eigenvalue weighted by atomic mass is 19.4. The molecule has 1 saturated carbocycles. The van der Waals surface area contributed by atoms with Gasteiger partial charge < -0.3 is 19.8 Å². The first-order valence-electron chi connectivity index (χ1n) is 9.57. The van der Waals surface area contributed by atoms with Gasteiger partial charge in [-0.15, -0.1) is 0 Å². The van der Waals surface area contributed by atoms with Crippen molar-refractivity contribution in [1.29, 1.82) is 0 Å². The Morgan fingerprint density at radius 1 is 1.17 bits per heavy atom. The summed E-state index contributed by atoms with van der Waals surface area (Å²) in [5.74, 6) is 0.458. The lowest BCUT2D eigenvalue weighted by Gasteiger charge is -2.32. The summed E-state index contributed by atoms with van der Waals surface area (Å²) in [4.78, 5) is 15.5. The Labute approximate surface area is 171 Å². The van der Waals surface area contributed by atoms with E-state index in [4.69, 9.17) is 9.47 Å². The number of anilines is 1. The van der Waals surface area contributed by atoms with Crippen molar-refractivity contribution in [2.24, 2.45) is 5.92 Å². The van der Waals surface area contributed by atoms with Crippen LogP contribution < -0.4 is 10.1 Å². The highest BCUT2D eigenvalue weighted by molar-refractivity contribution is 6.03. The number of aromatic amines is 1. The minimum Gasteiger partial charge on any atom is -0.489 e. The van der Waals surface area contributed by atoms with Gasteiger partial charge in [-0.3, -0.25) is 4.79 Å². The summed E-state index contributed by atoms with van der Waals surface area (Å²) >= 11 is 0. The Kier molecular flexibility index (Phi) is 5.42. The monoisotopic (exact) mass is 418 g/mol. The molecule has 0 unspecified atom stereocenters. The quantitative estimate of drug-likeness (QED) is 0.583. The van der Waals surface area contributed by atoms with Crippen LogP contribution in [0.2, 0.25) is 0 Å². The first-order valence-corrected chi connectivity index (χ1v) is 9.57. The number of amides is 1. The maximum atomic E-state index is 12.7. The van der Waals surface area contributed by atoms with Crippen LogP contribution in [0.1, 0.15) is 24.0 Å². The number of aromatic nitrogens is 1. The van der Waals surface area contributed by atoms with Crippen LogP contribution >= 0.6 is 0 Å². The third kappa shape index (κ3) is 4.28. The van der Waals surface area contributed by atoms with E-state index in [9.17, 15) is 18.0 Å². The Hall–Kier alpha value is -3.00. The Balaban J connectivity index is 1.42. The van der Waals surface area contributed by atoms with Crippen LogP contribution in [0, 0.1) is 5.92 Å². The molecule has 1 heterocycles. The summed E-state index contributed by atoms with van der Waals surface area (Å²) in [6.45, 7) is 0.135. The molecule has 30 heavy (non-hydrogen) atoms. The lowest BCUT2D eigenvalue weighted by molar-refractivity contribution is -0.137. The third-order valence-electron chi connectivity index (χ3n) is 5.40. The smallest absolute Gasteiger partial charge is 0.416 e. The summed E-state index contributed by atoms with van der Waals surface area (Å²) in [5, 5.41) is 3.75. The van der Waals surface area contributed by atoms with Crippen molar-refractivity contribution in [2.45, 2.75) is 31.7 Å². The lowest BCUT2D eigenvalue weighted by atomic mass is 9.81. The molecule has 0 atom stereocenters. The van der Waals surface area contributed by atoms with Gasteiger partial charge in [0.15, 0.2) is 0 Å². The van der Waals surface area contributed by atoms with E-state index < -0.39 is 11.7 Å². The van der Waals surface area contributed by atoms with Gasteiger partial charge in [0.05, 0.1) is 17.4 Å². The van der Waals surface area contributed by atoms with Gasteiger partial charge in [-0.25, -0.2) is 0 Å². The summed E-state index contributed by atoms with van der Waals surface area (Å²) in [5.41, 5.74) is 1.44. The van der Waals surface area contributed by atoms with Crippen LogP contribution in [0.15, 0.2) is 48.7 Å². The molecule has 5 nitrogen and oxygen atoms in total. The first kappa shape index (κ1) is 20.3. The van der Waals surface area contributed by atoms with Gasteiger partial charge in [0.2, 0.25) is 5.91 Å². The van der Waals surface area contributed by atoms with Crippen molar-refractivity contribution in [3.63, 3.8) is 0 Å². The fourth-order valence-corrected chi connectivity index (χ4v) is 3.46. The van der Waals surface area contributed by atoms with Crippen molar-refractivity contribution in [3.05, 3.63) is 59.8 Å². The van der Waals surface area contributed by atoms with Crippen molar-refractivity contribution in [1.82, 2.24) is 4.98 Å². The number of carbonyl (C=O) groups is 1. The van der Waals surface area contributed by atoms with Crippen molar-refractivity contribution >= 4 is 22.5 Å². The fraction of sp³-hybridized carbons (Fsp3) is 0.318. The van der Waals surface area contributed by atoms with Crippen LogP contribution in [0.3, 0.4) is 0 Å². The normalized spacial score (nSPS) is 18.8. The zero-order valence-electron chi connectivity index (χ0n) is 16.3. The second-order valence-corrected chi connectivity index (χ2v) is 7.41. The summed E-state index contributed by atoms with van der Waals surface area (Å²) in [7, 11) is 1.64. The van der Waals surface area contributed by atoms with E-state index >= 15 is 0 Å². The lowest BCUT2D eigenvalue weighted by Crippen LogP contribution is -2.38. The molecule has 0 aliphatic heterocycles. The zero-order valence-corrected chi connectivity index (χ0v) is 16.3. The average Bonchev–Trinajstić information content (AvgIpc) is 3.07. The molecule has 3 aromatic rings. The summed E-state index contributed by atoms with van der Waals surface area (Å²) < 4.78 is 48.9. The van der Waals surface area contributed by atoms with Crippen molar-refractivity contribution in [3.8, 4) is 5.75 Å². The van der Waals surface area contributed by atoms with Gasteiger partial charge in [-0.05, 0) is 48.7 Å². The van der Waals surface area contributed by atoms with Crippen molar-refractivity contribution in [2.75, 3.05) is 12.4 Å². The standard InChI is InChI=1S/C22H21F3N2O3/c1-29-17-8-14(9-17)21(28)27-20-11-26-19-7-6-16(10-18(19)20)30-12-13-2-4-15(5-3-13)22(23,24)25/h2-7,10-11,14,17,26H,8-9,12H2,1H3,(H,27,28). The minimum absolute atomic E-state index is 0.0414. The van der Waals surface area contributed by atoms with Gasteiger partial charge in [-0.2, -0.15) is 13.2 Å². The average molecular weight is 418 g/mol. The van der Waals surface area contributed by atoms with Crippen LogP contribution in [0.4, 0.5) is 18.9 Å². The van der Waals surface area contributed by atoms with Crippen molar-refractivity contribution < 1.29 is 27.4 Å². The zero-order chi connectivity index (χ0) is 21.3. The van der Waals surface area contributed by atoms with E-state index in [1.54, 1.807) is 25.4 Å². The van der Waals surface area contributed by atoms with Crippen LogP contribution in [-0.4, -0.2) is 24.1 Å². The molecule has 0 spiro atoms. The molecule has 4 rings (SSSR count). The maximum Gasteiger partial charge on any atom is 0.416 e. The molecule has 0 saturated heterocycles. The molecule has 1 aliphatic rings. The predicted octanol–water partition coefficient (Wildman–Crippen LogP) is 5.13. The van der Waals surface area contributed by atoms with E-state index in [1.165, 1.54) is 12.1 Å². The van der Waals surface area contributed by atoms with E-state index in [0.717, 1.165) is 23.0 Å². The second-order valence-electron chi connectivity index (χ2n) is 7.41. The number of alkyl halides is 3. The second kappa shape index (κ2) is 8.02. The third-order valence-corrected chi connectivity index (χ3v) is 5.40. The van der Waals surface area contributed by atoms with Gasteiger partial charge in [0.25, 0.3) is 0 Å². The number of hydrogen-bond acceptors (Lipinski definition) is 3. The molecule has 1 fully saturated rings. The molecule has 1 aliphatic carbocycles. The Morgan fingerprint density at radius 3 is 2.57 bits per heavy atom. The predicted molar refractivity (Wildman–Crippen MR) is 106 cm³/mol. The topological polar surface area (TPSA) is 63.3 Å². The number of carbonyl (C=O) groups excluding carboxylic acids is 1. The van der Waals surface area contributed by atoms with E-state index in [0.29, 0.717) is 29.8 Å². The molecular formula is C22H21F3N2O3. The van der Waals surface area contributed by atoms with Gasteiger partial charge in [0.1, 0.15) is 12.4 Å². The molecule has 2 N–H and O–H groups in total. The maximum absolute atomic E-state index is 12.7. The fourth-order valence-electron chi connectivity index (χ4n) is 3.46. The van der Waals surface area contributed by atoms with Gasteiger partial charge >= 0.3 is 6.18 Å². The first-order chi connectivity index (χ1) is 14.3. The number of halogens is 3. The number of hydrogen-bond donors (Lipinski definition) is 2. The SMILES string of the molecule is COC1CC(C(=O)Nc2c[nH]c3ccc(OCc4ccc(C(F)(F)F)cc4)cc23)C1. The minimum atomic E-state index is -4.36. The number of rotatable bonds is 6. The number of benzene rings is 2. The van der Waals surface area contributed by atoms with Crippen LogP contribution in [0.5, 0.6) is 5.75 Å². The highest BCUT2D eigenvalue weighted by Gasteiger charge is 2.34. The molecule has 0 radical (unpaired) electrons. The molecule has 0 bridgehead atoms. The van der Waals surface area contributed by atoms with E-state index in [-0.39, 0.29) is 24.5 Å². The molecule has 158 valence electrons. The summed E-state index contributed by atoms with van der Waals surface area (Å²) in [6.07, 6.45) is -1.05.